The van der Waals surface area contributed by atoms with Gasteiger partial charge in [0, 0.05) is 30.4 Å². The number of thiophene rings is 1. The molecule has 1 aromatic carbocycles. The van der Waals surface area contributed by atoms with E-state index >= 15 is 0 Å². The fourth-order valence-electron chi connectivity index (χ4n) is 2.44. The Morgan fingerprint density at radius 2 is 2.05 bits per heavy atom. The van der Waals surface area contributed by atoms with Crippen LogP contribution < -0.4 is 9.80 Å². The molecule has 0 fully saturated rings. The van der Waals surface area contributed by atoms with Crippen LogP contribution in [-0.2, 0) is 0 Å². The number of carbonyl (C=O) groups excluding carboxylic acids is 1. The molecule has 0 saturated heterocycles. The van der Waals surface area contributed by atoms with Crippen LogP contribution in [0.3, 0.4) is 0 Å². The SMILES string of the molecule is Cc1cc(C(=O)N2CCN(C)c3cc(F)ccc32)cs1. The van der Waals surface area contributed by atoms with Gasteiger partial charge in [-0.05, 0) is 31.2 Å². The maximum absolute atomic E-state index is 13.4. The van der Waals surface area contributed by atoms with E-state index in [9.17, 15) is 9.18 Å². The Kier molecular flexibility index (Phi) is 3.22. The zero-order valence-electron chi connectivity index (χ0n) is 11.4. The summed E-state index contributed by atoms with van der Waals surface area (Å²) in [7, 11) is 1.91. The molecule has 2 aromatic rings. The maximum Gasteiger partial charge on any atom is 0.259 e. The number of aryl methyl sites for hydroxylation is 1. The number of halogens is 1. The molecule has 0 N–H and O–H groups in total. The van der Waals surface area contributed by atoms with Gasteiger partial charge >= 0.3 is 0 Å². The third-order valence-corrected chi connectivity index (χ3v) is 4.38. The second kappa shape index (κ2) is 4.90. The Hall–Kier alpha value is -1.88. The van der Waals surface area contributed by atoms with Crippen LogP contribution in [0.15, 0.2) is 29.6 Å². The molecule has 1 aliphatic heterocycles. The van der Waals surface area contributed by atoms with Crippen molar-refractivity contribution < 1.29 is 9.18 Å². The van der Waals surface area contributed by atoms with Crippen molar-refractivity contribution in [3.05, 3.63) is 45.9 Å². The van der Waals surface area contributed by atoms with Gasteiger partial charge in [-0.25, -0.2) is 4.39 Å². The van der Waals surface area contributed by atoms with Crippen LogP contribution in [0, 0.1) is 12.7 Å². The van der Waals surface area contributed by atoms with E-state index in [-0.39, 0.29) is 11.7 Å². The highest BCUT2D eigenvalue weighted by molar-refractivity contribution is 7.10. The number of likely N-dealkylation sites (N-methyl/N-ethyl adjacent to an activating group) is 1. The van der Waals surface area contributed by atoms with Gasteiger partial charge in [0.1, 0.15) is 5.82 Å². The van der Waals surface area contributed by atoms with Crippen molar-refractivity contribution in [2.45, 2.75) is 6.92 Å². The largest absolute Gasteiger partial charge is 0.371 e. The summed E-state index contributed by atoms with van der Waals surface area (Å²) < 4.78 is 13.4. The number of amides is 1. The average molecular weight is 290 g/mol. The summed E-state index contributed by atoms with van der Waals surface area (Å²) in [5.41, 5.74) is 2.23. The van der Waals surface area contributed by atoms with Crippen molar-refractivity contribution in [3.8, 4) is 0 Å². The average Bonchev–Trinajstić information content (AvgIpc) is 2.86. The lowest BCUT2D eigenvalue weighted by Gasteiger charge is -2.35. The molecule has 0 bridgehead atoms. The zero-order valence-corrected chi connectivity index (χ0v) is 12.2. The number of anilines is 2. The van der Waals surface area contributed by atoms with E-state index in [1.165, 1.54) is 12.1 Å². The first kappa shape index (κ1) is 13.1. The summed E-state index contributed by atoms with van der Waals surface area (Å²) in [5.74, 6) is -0.299. The van der Waals surface area contributed by atoms with Crippen LogP contribution in [0.2, 0.25) is 0 Å². The molecule has 1 aromatic heterocycles. The van der Waals surface area contributed by atoms with Gasteiger partial charge in [0.05, 0.1) is 16.9 Å². The van der Waals surface area contributed by atoms with Crippen LogP contribution in [0.4, 0.5) is 15.8 Å². The minimum Gasteiger partial charge on any atom is -0.371 e. The molecule has 0 atom stereocenters. The second-order valence-corrected chi connectivity index (χ2v) is 6.07. The van der Waals surface area contributed by atoms with E-state index in [4.69, 9.17) is 0 Å². The monoisotopic (exact) mass is 290 g/mol. The quantitative estimate of drug-likeness (QED) is 0.804. The molecule has 104 valence electrons. The number of nitrogens with zero attached hydrogens (tertiary/aromatic N) is 2. The molecule has 0 saturated carbocycles. The summed E-state index contributed by atoms with van der Waals surface area (Å²) in [4.78, 5) is 17.4. The first-order chi connectivity index (χ1) is 9.56. The van der Waals surface area contributed by atoms with Crippen molar-refractivity contribution >= 4 is 28.6 Å². The van der Waals surface area contributed by atoms with Crippen LogP contribution in [0.25, 0.3) is 0 Å². The molecule has 0 aliphatic carbocycles. The fourth-order valence-corrected chi connectivity index (χ4v) is 3.12. The van der Waals surface area contributed by atoms with Gasteiger partial charge in [0.25, 0.3) is 5.91 Å². The first-order valence-electron chi connectivity index (χ1n) is 6.44. The predicted octanol–water partition coefficient (Wildman–Crippen LogP) is 3.29. The Labute approximate surface area is 121 Å². The zero-order chi connectivity index (χ0) is 14.3. The molecule has 1 amide bonds. The minimum absolute atomic E-state index is 0.0182. The molecular formula is C15H15FN2OS. The topological polar surface area (TPSA) is 23.6 Å². The molecule has 0 spiro atoms. The van der Waals surface area contributed by atoms with Crippen LogP contribution in [0.5, 0.6) is 0 Å². The van der Waals surface area contributed by atoms with Gasteiger partial charge in [-0.1, -0.05) is 0 Å². The lowest BCUT2D eigenvalue weighted by atomic mass is 10.1. The third-order valence-electron chi connectivity index (χ3n) is 3.52. The van der Waals surface area contributed by atoms with Gasteiger partial charge in [0.15, 0.2) is 0 Å². The van der Waals surface area contributed by atoms with Crippen molar-refractivity contribution in [2.75, 3.05) is 29.9 Å². The standard InChI is InChI=1S/C15H15FN2OS/c1-10-7-11(9-20-10)15(19)18-6-5-17(2)14-8-12(16)3-4-13(14)18/h3-4,7-9H,5-6H2,1-2H3. The van der Waals surface area contributed by atoms with E-state index < -0.39 is 0 Å². The summed E-state index contributed by atoms with van der Waals surface area (Å²) >= 11 is 1.56. The lowest BCUT2D eigenvalue weighted by molar-refractivity contribution is 0.0987. The van der Waals surface area contributed by atoms with E-state index in [2.05, 4.69) is 0 Å². The van der Waals surface area contributed by atoms with Crippen LogP contribution in [0.1, 0.15) is 15.2 Å². The van der Waals surface area contributed by atoms with Gasteiger partial charge < -0.3 is 9.80 Å². The van der Waals surface area contributed by atoms with E-state index in [0.717, 1.165) is 16.3 Å². The third kappa shape index (κ3) is 2.18. The summed E-state index contributed by atoms with van der Waals surface area (Å²) in [5, 5.41) is 1.87. The number of carbonyl (C=O) groups is 1. The minimum atomic E-state index is -0.281. The molecular weight excluding hydrogens is 275 g/mol. The summed E-state index contributed by atoms with van der Waals surface area (Å²) in [6.07, 6.45) is 0. The number of rotatable bonds is 1. The molecule has 1 aliphatic rings. The molecule has 3 nitrogen and oxygen atoms in total. The van der Waals surface area contributed by atoms with Crippen LogP contribution in [-0.4, -0.2) is 26.0 Å². The van der Waals surface area contributed by atoms with Crippen molar-refractivity contribution in [2.24, 2.45) is 0 Å². The summed E-state index contributed by atoms with van der Waals surface area (Å²) in [6.45, 7) is 3.29. The highest BCUT2D eigenvalue weighted by Gasteiger charge is 2.26. The maximum atomic E-state index is 13.4. The molecule has 3 rings (SSSR count). The Bertz CT molecular complexity index is 668. The highest BCUT2D eigenvalue weighted by Crippen LogP contribution is 2.34. The molecule has 2 heterocycles. The van der Waals surface area contributed by atoms with Crippen LogP contribution >= 0.6 is 11.3 Å². The Morgan fingerprint density at radius 3 is 2.75 bits per heavy atom. The van der Waals surface area contributed by atoms with Gasteiger partial charge in [0.2, 0.25) is 0 Å². The number of hydrogen-bond acceptors (Lipinski definition) is 3. The molecule has 20 heavy (non-hydrogen) atoms. The fraction of sp³-hybridized carbons (Fsp3) is 0.267. The van der Waals surface area contributed by atoms with Crippen molar-refractivity contribution in [1.29, 1.82) is 0 Å². The van der Waals surface area contributed by atoms with E-state index in [1.807, 2.05) is 30.3 Å². The smallest absolute Gasteiger partial charge is 0.259 e. The molecule has 0 radical (unpaired) electrons. The van der Waals surface area contributed by atoms with Gasteiger partial charge in [-0.15, -0.1) is 11.3 Å². The van der Waals surface area contributed by atoms with Crippen molar-refractivity contribution in [1.82, 2.24) is 0 Å². The number of benzene rings is 1. The normalized spacial score (nSPS) is 14.3. The van der Waals surface area contributed by atoms with Gasteiger partial charge in [-0.3, -0.25) is 4.79 Å². The second-order valence-electron chi connectivity index (χ2n) is 4.96. The lowest BCUT2D eigenvalue weighted by Crippen LogP contribution is -2.42. The van der Waals surface area contributed by atoms with E-state index in [1.54, 1.807) is 22.3 Å². The number of hydrogen-bond donors (Lipinski definition) is 0. The number of fused-ring (bicyclic) bond motifs is 1. The Balaban J connectivity index is 2.00. The molecule has 5 heteroatoms. The highest BCUT2D eigenvalue weighted by atomic mass is 32.1. The Morgan fingerprint density at radius 1 is 1.25 bits per heavy atom. The first-order valence-corrected chi connectivity index (χ1v) is 7.32. The van der Waals surface area contributed by atoms with E-state index in [0.29, 0.717) is 18.7 Å². The molecule has 0 unspecified atom stereocenters. The predicted molar refractivity (Wildman–Crippen MR) is 80.4 cm³/mol. The summed E-state index contributed by atoms with van der Waals surface area (Å²) in [6, 6.07) is 6.46. The van der Waals surface area contributed by atoms with Gasteiger partial charge in [-0.2, -0.15) is 0 Å². The van der Waals surface area contributed by atoms with Crippen molar-refractivity contribution in [3.63, 3.8) is 0 Å².